The molecule has 2 rings (SSSR count). The Morgan fingerprint density at radius 3 is 2.76 bits per heavy atom. The Hall–Kier alpha value is -0.890. The smallest absolute Gasteiger partial charge is 0.191 e. The molecule has 1 aromatic rings. The topological polar surface area (TPSA) is 58.5 Å². The Labute approximate surface area is 169 Å². The summed E-state index contributed by atoms with van der Waals surface area (Å²) in [7, 11) is 1.78. The van der Waals surface area contributed by atoms with Crippen molar-refractivity contribution in [1.29, 1.82) is 0 Å². The monoisotopic (exact) mass is 460 g/mol. The lowest BCUT2D eigenvalue weighted by molar-refractivity contribution is 0.0778. The molecule has 0 spiro atoms. The first kappa shape index (κ1) is 22.2. The number of nitrogens with one attached hydrogen (secondary N) is 2. The molecule has 25 heavy (non-hydrogen) atoms. The Kier molecular flexibility index (Phi) is 10.3. The van der Waals surface area contributed by atoms with Gasteiger partial charge in [-0.25, -0.2) is 0 Å². The van der Waals surface area contributed by atoms with Gasteiger partial charge in [-0.1, -0.05) is 6.42 Å². The van der Waals surface area contributed by atoms with Crippen LogP contribution in [0.4, 0.5) is 0 Å². The Bertz CT molecular complexity index is 532. The Morgan fingerprint density at radius 2 is 2.16 bits per heavy atom. The molecular weight excluding hydrogens is 427 g/mol. The van der Waals surface area contributed by atoms with Gasteiger partial charge in [-0.3, -0.25) is 9.98 Å². The summed E-state index contributed by atoms with van der Waals surface area (Å²) < 4.78 is 5.27. The maximum Gasteiger partial charge on any atom is 0.191 e. The van der Waals surface area contributed by atoms with Crippen LogP contribution in [-0.2, 0) is 11.2 Å². The van der Waals surface area contributed by atoms with Crippen LogP contribution in [0.3, 0.4) is 0 Å². The summed E-state index contributed by atoms with van der Waals surface area (Å²) in [5.74, 6) is 0.924. The van der Waals surface area contributed by atoms with Crippen LogP contribution in [0.25, 0.3) is 0 Å². The summed E-state index contributed by atoms with van der Waals surface area (Å²) in [5, 5.41) is 6.82. The van der Waals surface area contributed by atoms with E-state index < -0.39 is 0 Å². The van der Waals surface area contributed by atoms with Gasteiger partial charge in [0.2, 0.25) is 0 Å². The predicted molar refractivity (Wildman–Crippen MR) is 115 cm³/mol. The first-order valence-corrected chi connectivity index (χ1v) is 9.10. The number of guanidine groups is 1. The highest BCUT2D eigenvalue weighted by Gasteiger charge is 2.36. The third-order valence-corrected chi connectivity index (χ3v) is 4.99. The first-order valence-electron chi connectivity index (χ1n) is 9.10. The molecule has 0 unspecified atom stereocenters. The number of nitrogens with zero attached hydrogens (tertiary/aromatic N) is 2. The second kappa shape index (κ2) is 11.7. The highest BCUT2D eigenvalue weighted by molar-refractivity contribution is 14.0. The van der Waals surface area contributed by atoms with E-state index in [1.807, 2.05) is 12.4 Å². The zero-order chi connectivity index (χ0) is 17.3. The van der Waals surface area contributed by atoms with Gasteiger partial charge in [0.15, 0.2) is 5.96 Å². The second-order valence-corrected chi connectivity index (χ2v) is 6.77. The van der Waals surface area contributed by atoms with Crippen LogP contribution in [0.1, 0.15) is 43.7 Å². The van der Waals surface area contributed by atoms with Gasteiger partial charge in [0.05, 0.1) is 0 Å². The molecule has 0 aromatic carbocycles. The molecule has 0 bridgehead atoms. The second-order valence-electron chi connectivity index (χ2n) is 6.77. The average molecular weight is 460 g/mol. The number of pyridine rings is 1. The molecule has 1 saturated carbocycles. The molecule has 6 heteroatoms. The number of aryl methyl sites for hydroxylation is 1. The normalized spacial score (nSPS) is 15.9. The van der Waals surface area contributed by atoms with E-state index in [-0.39, 0.29) is 24.0 Å². The summed E-state index contributed by atoms with van der Waals surface area (Å²) in [6.07, 6.45) is 9.74. The third-order valence-electron chi connectivity index (χ3n) is 4.99. The van der Waals surface area contributed by atoms with E-state index in [0.29, 0.717) is 5.41 Å². The maximum atomic E-state index is 5.27. The van der Waals surface area contributed by atoms with Gasteiger partial charge < -0.3 is 15.4 Å². The van der Waals surface area contributed by atoms with Crippen molar-refractivity contribution in [1.82, 2.24) is 15.6 Å². The fourth-order valence-corrected chi connectivity index (χ4v) is 3.17. The van der Waals surface area contributed by atoms with Crippen LogP contribution in [0.5, 0.6) is 0 Å². The van der Waals surface area contributed by atoms with Crippen molar-refractivity contribution in [3.05, 3.63) is 29.6 Å². The number of rotatable bonds is 9. The molecule has 1 heterocycles. The summed E-state index contributed by atoms with van der Waals surface area (Å²) in [4.78, 5) is 8.99. The minimum Gasteiger partial charge on any atom is -0.385 e. The number of hydrogen-bond donors (Lipinski definition) is 2. The van der Waals surface area contributed by atoms with Crippen molar-refractivity contribution < 1.29 is 4.74 Å². The van der Waals surface area contributed by atoms with Crippen molar-refractivity contribution in [2.45, 2.75) is 46.0 Å². The van der Waals surface area contributed by atoms with Gasteiger partial charge in [0.1, 0.15) is 0 Å². The maximum absolute atomic E-state index is 5.27. The Morgan fingerprint density at radius 1 is 1.36 bits per heavy atom. The number of methoxy groups -OCH3 is 1. The SMILES string of the molecule is CCNC(=NCC1(CCOC)CCC1)NCCc1ccncc1C.I. The van der Waals surface area contributed by atoms with Gasteiger partial charge in [0, 0.05) is 45.7 Å². The lowest BCUT2D eigenvalue weighted by Crippen LogP contribution is -2.41. The molecule has 0 amide bonds. The van der Waals surface area contributed by atoms with E-state index in [1.165, 1.54) is 30.4 Å². The summed E-state index contributed by atoms with van der Waals surface area (Å²) in [5.41, 5.74) is 2.94. The van der Waals surface area contributed by atoms with Gasteiger partial charge in [-0.2, -0.15) is 0 Å². The molecule has 142 valence electrons. The zero-order valence-corrected chi connectivity index (χ0v) is 18.1. The van der Waals surface area contributed by atoms with E-state index in [1.54, 1.807) is 7.11 Å². The number of aromatic nitrogens is 1. The number of aliphatic imine (C=N–C) groups is 1. The predicted octanol–water partition coefficient (Wildman–Crippen LogP) is 3.31. The van der Waals surface area contributed by atoms with Crippen LogP contribution < -0.4 is 10.6 Å². The number of halogens is 1. The van der Waals surface area contributed by atoms with Gasteiger partial charge in [0.25, 0.3) is 0 Å². The van der Waals surface area contributed by atoms with Crippen LogP contribution in [-0.4, -0.2) is 44.3 Å². The molecule has 2 N–H and O–H groups in total. The number of ether oxygens (including phenoxy) is 1. The van der Waals surface area contributed by atoms with E-state index in [9.17, 15) is 0 Å². The fraction of sp³-hybridized carbons (Fsp3) is 0.684. The third kappa shape index (κ3) is 7.09. The quantitative estimate of drug-likeness (QED) is 0.337. The lowest BCUT2D eigenvalue weighted by atomic mass is 9.67. The minimum absolute atomic E-state index is 0. The van der Waals surface area contributed by atoms with Crippen molar-refractivity contribution >= 4 is 29.9 Å². The standard InChI is InChI=1S/C19H32N4O.HI/c1-4-21-18(22-12-7-17-6-11-20-14-16(17)2)23-15-19(8-5-9-19)10-13-24-3;/h6,11,14H,4-5,7-10,12-13,15H2,1-3H3,(H2,21,22,23);1H. The van der Waals surface area contributed by atoms with Crippen LogP contribution in [0, 0.1) is 12.3 Å². The Balaban J connectivity index is 0.00000312. The minimum atomic E-state index is 0. The van der Waals surface area contributed by atoms with E-state index in [0.717, 1.165) is 45.0 Å². The highest BCUT2D eigenvalue weighted by Crippen LogP contribution is 2.44. The largest absolute Gasteiger partial charge is 0.385 e. The molecule has 1 fully saturated rings. The van der Waals surface area contributed by atoms with Crippen molar-refractivity contribution in [3.63, 3.8) is 0 Å². The molecule has 0 aliphatic heterocycles. The molecule has 5 nitrogen and oxygen atoms in total. The molecule has 0 saturated heterocycles. The fourth-order valence-electron chi connectivity index (χ4n) is 3.17. The lowest BCUT2D eigenvalue weighted by Gasteiger charge is -2.40. The number of hydrogen-bond acceptors (Lipinski definition) is 3. The van der Waals surface area contributed by atoms with Crippen LogP contribution >= 0.6 is 24.0 Å². The van der Waals surface area contributed by atoms with E-state index in [4.69, 9.17) is 9.73 Å². The molecule has 1 aliphatic rings. The van der Waals surface area contributed by atoms with Crippen molar-refractivity contribution in [2.24, 2.45) is 10.4 Å². The summed E-state index contributed by atoms with van der Waals surface area (Å²) >= 11 is 0. The highest BCUT2D eigenvalue weighted by atomic mass is 127. The molecular formula is C19H33IN4O. The first-order chi connectivity index (χ1) is 11.7. The molecule has 0 radical (unpaired) electrons. The van der Waals surface area contributed by atoms with Gasteiger partial charge in [-0.05, 0) is 62.1 Å². The average Bonchev–Trinajstić information content (AvgIpc) is 2.55. The van der Waals surface area contributed by atoms with E-state index in [2.05, 4.69) is 35.5 Å². The van der Waals surface area contributed by atoms with Gasteiger partial charge >= 0.3 is 0 Å². The zero-order valence-electron chi connectivity index (χ0n) is 15.8. The van der Waals surface area contributed by atoms with Crippen molar-refractivity contribution in [3.8, 4) is 0 Å². The summed E-state index contributed by atoms with van der Waals surface area (Å²) in [6.45, 7) is 7.69. The van der Waals surface area contributed by atoms with Crippen LogP contribution in [0.2, 0.25) is 0 Å². The molecule has 1 aliphatic carbocycles. The van der Waals surface area contributed by atoms with Gasteiger partial charge in [-0.15, -0.1) is 24.0 Å². The van der Waals surface area contributed by atoms with E-state index >= 15 is 0 Å². The molecule has 0 atom stereocenters. The van der Waals surface area contributed by atoms with Crippen LogP contribution in [0.15, 0.2) is 23.5 Å². The summed E-state index contributed by atoms with van der Waals surface area (Å²) in [6, 6.07) is 2.09. The molecule has 1 aromatic heterocycles. The van der Waals surface area contributed by atoms with Crippen molar-refractivity contribution in [2.75, 3.05) is 33.4 Å².